The van der Waals surface area contributed by atoms with Crippen molar-refractivity contribution in [3.8, 4) is 11.3 Å². The van der Waals surface area contributed by atoms with Crippen LogP contribution in [-0.2, 0) is 4.79 Å². The molecule has 1 amide bonds. The number of fused-ring (bicyclic) bond motifs is 1. The van der Waals surface area contributed by atoms with Crippen LogP contribution in [0.25, 0.3) is 22.2 Å². The molecule has 2 aromatic carbocycles. The molecule has 1 aromatic heterocycles. The number of ketones is 1. The van der Waals surface area contributed by atoms with Gasteiger partial charge in [0.25, 0.3) is 5.91 Å². The molecule has 0 aliphatic carbocycles. The molecule has 0 spiro atoms. The number of rotatable bonds is 9. The van der Waals surface area contributed by atoms with Crippen molar-refractivity contribution in [2.75, 3.05) is 13.2 Å². The van der Waals surface area contributed by atoms with Gasteiger partial charge in [-0.25, -0.2) is 10.4 Å². The molecule has 0 bridgehead atoms. The van der Waals surface area contributed by atoms with E-state index in [4.69, 9.17) is 5.11 Å². The number of para-hydroxylation sites is 1. The molecule has 3 aromatic rings. The maximum Gasteiger partial charge on any atom is 0.266 e. The minimum Gasteiger partial charge on any atom is -0.394 e. The van der Waals surface area contributed by atoms with Gasteiger partial charge in [0.2, 0.25) is 0 Å². The largest absolute Gasteiger partial charge is 0.394 e. The number of amides is 1. The van der Waals surface area contributed by atoms with Crippen LogP contribution in [0.3, 0.4) is 0 Å². The van der Waals surface area contributed by atoms with Crippen molar-refractivity contribution in [1.82, 2.24) is 15.8 Å². The summed E-state index contributed by atoms with van der Waals surface area (Å²) in [7, 11) is 0. The number of aliphatic hydroxyl groups excluding tert-OH is 4. The first kappa shape index (κ1) is 22.5. The lowest BCUT2D eigenvalue weighted by Gasteiger charge is -2.20. The van der Waals surface area contributed by atoms with E-state index < -0.39 is 43.2 Å². The molecular weight excluding hydrogens is 402 g/mol. The van der Waals surface area contributed by atoms with Gasteiger partial charge >= 0.3 is 0 Å². The molecule has 0 unspecified atom stereocenters. The average molecular weight is 425 g/mol. The summed E-state index contributed by atoms with van der Waals surface area (Å²) in [5, 5.41) is 38.1. The van der Waals surface area contributed by atoms with Crippen LogP contribution in [0.2, 0.25) is 0 Å². The van der Waals surface area contributed by atoms with Gasteiger partial charge in [0, 0.05) is 10.9 Å². The van der Waals surface area contributed by atoms with Gasteiger partial charge in [0.05, 0.1) is 29.9 Å². The van der Waals surface area contributed by atoms with Crippen LogP contribution in [0.4, 0.5) is 0 Å². The van der Waals surface area contributed by atoms with E-state index in [0.717, 1.165) is 5.56 Å². The molecule has 0 fully saturated rings. The number of aromatic nitrogens is 1. The van der Waals surface area contributed by atoms with Gasteiger partial charge in [0.15, 0.2) is 5.78 Å². The third-order valence-corrected chi connectivity index (χ3v) is 4.73. The summed E-state index contributed by atoms with van der Waals surface area (Å²) in [5.74, 6) is -1.39. The molecule has 9 nitrogen and oxygen atoms in total. The second-order valence-corrected chi connectivity index (χ2v) is 6.90. The van der Waals surface area contributed by atoms with Gasteiger partial charge in [0.1, 0.15) is 18.3 Å². The van der Waals surface area contributed by atoms with Crippen molar-refractivity contribution < 1.29 is 30.0 Å². The Morgan fingerprint density at radius 3 is 2.35 bits per heavy atom. The SMILES string of the molecule is O=C(NNCC(=O)[C@H](O)[C@@H](O)[C@@H](O)CO)c1cc(-c2ccccc2)nc2ccccc12. The Balaban J connectivity index is 1.74. The Morgan fingerprint density at radius 2 is 1.65 bits per heavy atom. The van der Waals surface area contributed by atoms with E-state index >= 15 is 0 Å². The number of nitrogens with one attached hydrogen (secondary N) is 2. The van der Waals surface area contributed by atoms with E-state index in [-0.39, 0.29) is 0 Å². The molecule has 6 N–H and O–H groups in total. The summed E-state index contributed by atoms with van der Waals surface area (Å²) in [6.45, 7) is -1.31. The van der Waals surface area contributed by atoms with E-state index in [1.807, 2.05) is 36.4 Å². The van der Waals surface area contributed by atoms with E-state index in [1.165, 1.54) is 0 Å². The average Bonchev–Trinajstić information content (AvgIpc) is 2.82. The fourth-order valence-electron chi connectivity index (χ4n) is 3.01. The zero-order valence-corrected chi connectivity index (χ0v) is 16.5. The maximum atomic E-state index is 12.8. The summed E-state index contributed by atoms with van der Waals surface area (Å²) in [6.07, 6.45) is -5.42. The maximum absolute atomic E-state index is 12.8. The van der Waals surface area contributed by atoms with Crippen LogP contribution in [-0.4, -0.2) is 68.6 Å². The predicted molar refractivity (Wildman–Crippen MR) is 113 cm³/mol. The minimum absolute atomic E-state index is 0.334. The summed E-state index contributed by atoms with van der Waals surface area (Å²) in [6, 6.07) is 18.2. The quantitative estimate of drug-likeness (QED) is 0.257. The number of Topliss-reactive ketones (excluding diaryl/α,β-unsaturated/α-hetero) is 1. The predicted octanol–water partition coefficient (Wildman–Crippen LogP) is -0.220. The Morgan fingerprint density at radius 1 is 0.968 bits per heavy atom. The summed E-state index contributed by atoms with van der Waals surface area (Å²) in [5.41, 5.74) is 7.22. The van der Waals surface area contributed by atoms with Gasteiger partial charge in [-0.2, -0.15) is 0 Å². The standard InChI is InChI=1S/C22H23N3O6/c26-12-19(28)21(30)20(29)18(27)11-23-25-22(31)15-10-17(13-6-2-1-3-7-13)24-16-9-5-4-8-14(15)16/h1-10,19-21,23,26,28-30H,11-12H2,(H,25,31)/t19-,20-,21-/m0/s1. The van der Waals surface area contributed by atoms with Crippen molar-refractivity contribution in [2.24, 2.45) is 0 Å². The number of hydrogen-bond donors (Lipinski definition) is 6. The van der Waals surface area contributed by atoms with E-state index in [1.54, 1.807) is 24.3 Å². The number of carbonyl (C=O) groups excluding carboxylic acids is 2. The first-order valence-corrected chi connectivity index (χ1v) is 9.58. The fraction of sp³-hybridized carbons (Fsp3) is 0.227. The van der Waals surface area contributed by atoms with E-state index in [2.05, 4.69) is 15.8 Å². The third kappa shape index (κ3) is 5.29. The van der Waals surface area contributed by atoms with Crippen LogP contribution in [0, 0.1) is 0 Å². The molecule has 3 rings (SSSR count). The summed E-state index contributed by atoms with van der Waals surface area (Å²) < 4.78 is 0. The molecule has 0 saturated carbocycles. The van der Waals surface area contributed by atoms with Gasteiger partial charge in [-0.1, -0.05) is 48.5 Å². The molecule has 162 valence electrons. The van der Waals surface area contributed by atoms with Crippen LogP contribution < -0.4 is 10.9 Å². The zero-order chi connectivity index (χ0) is 22.4. The Kier molecular flexibility index (Phi) is 7.40. The van der Waals surface area contributed by atoms with Gasteiger partial charge < -0.3 is 20.4 Å². The number of nitrogens with zero attached hydrogens (tertiary/aromatic N) is 1. The van der Waals surface area contributed by atoms with Crippen molar-refractivity contribution in [1.29, 1.82) is 0 Å². The lowest BCUT2D eigenvalue weighted by atomic mass is 10.0. The summed E-state index contributed by atoms with van der Waals surface area (Å²) in [4.78, 5) is 29.3. The number of aliphatic hydroxyl groups is 4. The number of pyridine rings is 1. The molecule has 31 heavy (non-hydrogen) atoms. The highest BCUT2D eigenvalue weighted by Crippen LogP contribution is 2.24. The smallest absolute Gasteiger partial charge is 0.266 e. The highest BCUT2D eigenvalue weighted by molar-refractivity contribution is 6.07. The molecule has 9 heteroatoms. The number of carbonyl (C=O) groups is 2. The molecule has 0 aliphatic heterocycles. The van der Waals surface area contributed by atoms with Gasteiger partial charge in [-0.15, -0.1) is 0 Å². The third-order valence-electron chi connectivity index (χ3n) is 4.73. The van der Waals surface area contributed by atoms with Crippen LogP contribution >= 0.6 is 0 Å². The lowest BCUT2D eigenvalue weighted by Crippen LogP contribution is -2.49. The monoisotopic (exact) mass is 425 g/mol. The molecule has 3 atom stereocenters. The van der Waals surface area contributed by atoms with Crippen molar-refractivity contribution in [2.45, 2.75) is 18.3 Å². The highest BCUT2D eigenvalue weighted by atomic mass is 16.4. The highest BCUT2D eigenvalue weighted by Gasteiger charge is 2.29. The van der Waals surface area contributed by atoms with Crippen LogP contribution in [0.15, 0.2) is 60.7 Å². The van der Waals surface area contributed by atoms with Gasteiger partial charge in [-0.3, -0.25) is 15.0 Å². The van der Waals surface area contributed by atoms with Crippen molar-refractivity contribution >= 4 is 22.6 Å². The van der Waals surface area contributed by atoms with Crippen LogP contribution in [0.1, 0.15) is 10.4 Å². The van der Waals surface area contributed by atoms with Crippen LogP contribution in [0.5, 0.6) is 0 Å². The topological polar surface area (TPSA) is 152 Å². The molecule has 0 saturated heterocycles. The number of benzene rings is 2. The molecular formula is C22H23N3O6. The summed E-state index contributed by atoms with van der Waals surface area (Å²) >= 11 is 0. The first-order valence-electron chi connectivity index (χ1n) is 9.58. The van der Waals surface area contributed by atoms with E-state index in [9.17, 15) is 24.9 Å². The van der Waals surface area contributed by atoms with E-state index in [0.29, 0.717) is 22.2 Å². The second kappa shape index (κ2) is 10.2. The normalized spacial score (nSPS) is 14.1. The van der Waals surface area contributed by atoms with Crippen molar-refractivity contribution in [3.05, 3.63) is 66.2 Å². The molecule has 0 aliphatic rings. The first-order chi connectivity index (χ1) is 14.9. The fourth-order valence-corrected chi connectivity index (χ4v) is 3.01. The Hall–Kier alpha value is -3.21. The number of hydrazine groups is 1. The second-order valence-electron chi connectivity index (χ2n) is 6.90. The lowest BCUT2D eigenvalue weighted by molar-refractivity contribution is -0.139. The van der Waals surface area contributed by atoms with Crippen molar-refractivity contribution in [3.63, 3.8) is 0 Å². The van der Waals surface area contributed by atoms with Gasteiger partial charge in [-0.05, 0) is 12.1 Å². The number of hydrogen-bond acceptors (Lipinski definition) is 8. The Labute approximate surface area is 178 Å². The zero-order valence-electron chi connectivity index (χ0n) is 16.5. The Bertz CT molecular complexity index is 1060. The molecule has 0 radical (unpaired) electrons. The minimum atomic E-state index is -1.92. The molecule has 1 heterocycles.